The number of nitrogens with zero attached hydrogens (tertiary/aromatic N) is 1. The molecule has 0 saturated carbocycles. The molecule has 0 fully saturated rings. The summed E-state index contributed by atoms with van der Waals surface area (Å²) in [6.07, 6.45) is -2.54. The lowest BCUT2D eigenvalue weighted by atomic mass is 9.95. The normalized spacial score (nSPS) is 10.3. The number of aliphatic carboxylic acids is 4. The zero-order valence-electron chi connectivity index (χ0n) is 17.7. The number of esters is 1. The average Bonchev–Trinajstić information content (AvgIpc) is 2.52. The van der Waals surface area contributed by atoms with Crippen molar-refractivity contribution in [2.45, 2.75) is 32.3 Å². The smallest absolute Gasteiger partial charge is 0.375 e. The molecule has 0 rings (SSSR count). The van der Waals surface area contributed by atoms with Gasteiger partial charge in [0.25, 0.3) is 0 Å². The maximum atomic E-state index is 11.0. The molecule has 4 N–H and O–H groups in total. The van der Waals surface area contributed by atoms with Crippen molar-refractivity contribution in [3.05, 3.63) is 0 Å². The molecule has 14 heteroatoms. The number of hydrogen-bond acceptors (Lipinski definition) is 10. The number of carboxylic acid groups (broad SMARTS) is 4. The van der Waals surface area contributed by atoms with Gasteiger partial charge in [-0.3, -0.25) is 19.2 Å². The molecule has 31 heavy (non-hydrogen) atoms. The number of hydrogen-bond donors (Lipinski definition) is 4. The van der Waals surface area contributed by atoms with Gasteiger partial charge in [0, 0.05) is 13.8 Å². The molecule has 0 aromatic carbocycles. The summed E-state index contributed by atoms with van der Waals surface area (Å²) >= 11 is 0. The first-order chi connectivity index (χ1) is 13.8. The first-order valence-electron chi connectivity index (χ1n) is 8.35. The fraction of sp³-hybridized carbons (Fsp3) is 0.588. The van der Waals surface area contributed by atoms with Crippen LogP contribution in [-0.2, 0) is 38.3 Å². The van der Waals surface area contributed by atoms with Crippen molar-refractivity contribution in [3.63, 3.8) is 0 Å². The molecule has 0 aliphatic rings. The van der Waals surface area contributed by atoms with E-state index in [1.54, 1.807) is 0 Å². The number of quaternary nitrogens is 1. The highest BCUT2D eigenvalue weighted by Gasteiger charge is 2.47. The highest BCUT2D eigenvalue weighted by atomic mass is 16.6. The third-order valence-electron chi connectivity index (χ3n) is 2.90. The van der Waals surface area contributed by atoms with Gasteiger partial charge in [0.15, 0.2) is 5.78 Å². The van der Waals surface area contributed by atoms with Gasteiger partial charge in [-0.15, -0.1) is 0 Å². The maximum Gasteiger partial charge on any atom is 0.375 e. The molecule has 0 radical (unpaired) electrons. The van der Waals surface area contributed by atoms with Crippen LogP contribution < -0.4 is 5.11 Å². The number of likely N-dealkylation sites (N-methyl/N-ethyl adjacent to an activating group) is 1. The lowest BCUT2D eigenvalue weighted by molar-refractivity contribution is -0.870. The summed E-state index contributed by atoms with van der Waals surface area (Å²) in [6.45, 7) is 2.83. The van der Waals surface area contributed by atoms with Crippen LogP contribution in [0.1, 0.15) is 26.7 Å². The number of carboxylic acids is 4. The summed E-state index contributed by atoms with van der Waals surface area (Å²) in [4.78, 5) is 72.4. The zero-order valence-corrected chi connectivity index (χ0v) is 17.7. The predicted molar refractivity (Wildman–Crippen MR) is 97.3 cm³/mol. The minimum absolute atomic E-state index is 0.281. The molecule has 0 bridgehead atoms. The van der Waals surface area contributed by atoms with Gasteiger partial charge in [-0.25, -0.2) is 9.59 Å². The number of carbonyl (C=O) groups is 7. The number of aliphatic hydroxyl groups is 1. The van der Waals surface area contributed by atoms with Gasteiger partial charge in [-0.1, -0.05) is 0 Å². The van der Waals surface area contributed by atoms with Crippen LogP contribution in [0.25, 0.3) is 0 Å². The minimum atomic E-state index is -2.81. The van der Waals surface area contributed by atoms with Crippen LogP contribution in [0, 0.1) is 0 Å². The molecule has 0 aliphatic carbocycles. The molecule has 0 spiro atoms. The summed E-state index contributed by atoms with van der Waals surface area (Å²) in [5.74, 6) is -10.7. The molecular weight excluding hydrogens is 426 g/mol. The number of ketones is 2. The van der Waals surface area contributed by atoms with E-state index in [0.29, 0.717) is 0 Å². The van der Waals surface area contributed by atoms with E-state index in [0.717, 1.165) is 24.9 Å². The molecule has 14 nitrogen and oxygen atoms in total. The van der Waals surface area contributed by atoms with Gasteiger partial charge in [0.2, 0.25) is 11.4 Å². The molecule has 0 saturated heterocycles. The largest absolute Gasteiger partial charge is 0.542 e. The highest BCUT2D eigenvalue weighted by Crippen LogP contribution is 2.22. The van der Waals surface area contributed by atoms with Gasteiger partial charge in [-0.2, -0.15) is 0 Å². The molecule has 0 aliphatic heterocycles. The molecule has 0 atom stereocenters. The van der Waals surface area contributed by atoms with E-state index >= 15 is 0 Å². The molecule has 0 heterocycles. The van der Waals surface area contributed by atoms with E-state index in [-0.39, 0.29) is 6.61 Å². The maximum absolute atomic E-state index is 11.0. The Balaban J connectivity index is -0.000000492. The van der Waals surface area contributed by atoms with Crippen molar-refractivity contribution < 1.29 is 68.3 Å². The van der Waals surface area contributed by atoms with Gasteiger partial charge in [0.05, 0.1) is 40.6 Å². The fourth-order valence-corrected chi connectivity index (χ4v) is 1.37. The SMILES string of the molecule is CC(=O)C(=O)OC(CC(=O)O)(CC(=O)O)C(=O)O.CC(=O)C(=O)[O-].C[N+](C)(C)CCO. The Morgan fingerprint density at radius 2 is 1.19 bits per heavy atom. The van der Waals surface area contributed by atoms with Crippen LogP contribution >= 0.6 is 0 Å². The predicted octanol–water partition coefficient (Wildman–Crippen LogP) is -3.10. The van der Waals surface area contributed by atoms with Crippen LogP contribution in [0.3, 0.4) is 0 Å². The van der Waals surface area contributed by atoms with Crippen LogP contribution in [0.5, 0.6) is 0 Å². The minimum Gasteiger partial charge on any atom is -0.542 e. The average molecular weight is 453 g/mol. The van der Waals surface area contributed by atoms with E-state index in [9.17, 15) is 38.7 Å². The van der Waals surface area contributed by atoms with E-state index in [2.05, 4.69) is 25.9 Å². The first-order valence-corrected chi connectivity index (χ1v) is 8.35. The number of ether oxygens (including phenoxy) is 1. The van der Waals surface area contributed by atoms with Crippen molar-refractivity contribution >= 4 is 41.4 Å². The molecule has 0 aromatic rings. The standard InChI is InChI=1S/C9H10O9.C5H14NO.C3H4O3/c1-4(10)7(15)18-9(8(16)17,2-5(11)12)3-6(13)14;1-6(2,3)4-5-7;1-2(4)3(5)6/h2-3H2,1H3,(H,11,12)(H,13,14)(H,16,17);7H,4-5H2,1-3H3;1H3,(H,5,6)/q;+1;/p-1. The number of carbonyl (C=O) groups excluding carboxylic acids is 4. The number of rotatable bonds is 10. The molecule has 178 valence electrons. The van der Waals surface area contributed by atoms with Crippen molar-refractivity contribution in [2.75, 3.05) is 34.3 Å². The topological polar surface area (TPSA) is 233 Å². The lowest BCUT2D eigenvalue weighted by Gasteiger charge is -2.25. The molecular formula is C17H27NO13. The zero-order chi connectivity index (χ0) is 25.6. The Kier molecular flexibility index (Phi) is 15.2. The highest BCUT2D eigenvalue weighted by molar-refractivity contribution is 6.33. The van der Waals surface area contributed by atoms with Crippen LogP contribution in [0.4, 0.5) is 0 Å². The molecule has 0 unspecified atom stereocenters. The van der Waals surface area contributed by atoms with Crippen LogP contribution in [-0.4, -0.2) is 106 Å². The van der Waals surface area contributed by atoms with Crippen molar-refractivity contribution in [2.24, 2.45) is 0 Å². The Morgan fingerprint density at radius 1 is 0.839 bits per heavy atom. The quantitative estimate of drug-likeness (QED) is 0.146. The Hall–Kier alpha value is -3.39. The monoisotopic (exact) mass is 453 g/mol. The van der Waals surface area contributed by atoms with E-state index in [4.69, 9.17) is 20.4 Å². The first kappa shape index (κ1) is 32.3. The summed E-state index contributed by atoms with van der Waals surface area (Å²) in [7, 11) is 6.16. The molecule has 0 amide bonds. The van der Waals surface area contributed by atoms with Gasteiger partial charge in [0.1, 0.15) is 12.5 Å². The third kappa shape index (κ3) is 18.4. The van der Waals surface area contributed by atoms with Gasteiger partial charge >= 0.3 is 23.9 Å². The summed E-state index contributed by atoms with van der Waals surface area (Å²) in [5, 5.41) is 43.5. The third-order valence-corrected chi connectivity index (χ3v) is 2.90. The summed E-state index contributed by atoms with van der Waals surface area (Å²) in [5.41, 5.74) is -2.81. The second-order valence-corrected chi connectivity index (χ2v) is 6.97. The van der Waals surface area contributed by atoms with E-state index < -0.39 is 59.9 Å². The Morgan fingerprint density at radius 3 is 1.32 bits per heavy atom. The summed E-state index contributed by atoms with van der Waals surface area (Å²) < 4.78 is 5.08. The van der Waals surface area contributed by atoms with E-state index in [1.807, 2.05) is 0 Å². The Labute approximate surface area is 177 Å². The van der Waals surface area contributed by atoms with Crippen molar-refractivity contribution in [1.82, 2.24) is 0 Å². The second-order valence-electron chi connectivity index (χ2n) is 6.97. The summed E-state index contributed by atoms with van der Waals surface area (Å²) in [6, 6.07) is 0. The second kappa shape index (κ2) is 14.6. The molecule has 0 aromatic heterocycles. The van der Waals surface area contributed by atoms with Crippen molar-refractivity contribution in [1.29, 1.82) is 0 Å². The van der Waals surface area contributed by atoms with Gasteiger partial charge < -0.3 is 39.5 Å². The van der Waals surface area contributed by atoms with Gasteiger partial charge in [-0.05, 0) is 0 Å². The lowest BCUT2D eigenvalue weighted by Crippen LogP contribution is -2.47. The van der Waals surface area contributed by atoms with E-state index in [1.165, 1.54) is 0 Å². The number of aliphatic hydroxyl groups excluding tert-OH is 1. The van der Waals surface area contributed by atoms with Crippen LogP contribution in [0.15, 0.2) is 0 Å². The van der Waals surface area contributed by atoms with Crippen molar-refractivity contribution in [3.8, 4) is 0 Å². The fourth-order valence-electron chi connectivity index (χ4n) is 1.37. The van der Waals surface area contributed by atoms with Crippen LogP contribution in [0.2, 0.25) is 0 Å². The Bertz CT molecular complexity index is 663. The number of Topliss-reactive ketones (excluding diaryl/α,β-unsaturated/α-hetero) is 2.